The number of benzene rings is 1. The average molecular weight is 315 g/mol. The number of methoxy groups -OCH3 is 1. The third-order valence-corrected chi connectivity index (χ3v) is 2.89. The molecule has 0 saturated carbocycles. The van der Waals surface area contributed by atoms with Gasteiger partial charge in [0.2, 0.25) is 0 Å². The molecule has 0 saturated heterocycles. The number of nitrogen functional groups attached to an aromatic ring is 1. The van der Waals surface area contributed by atoms with Gasteiger partial charge in [0.1, 0.15) is 11.6 Å². The highest BCUT2D eigenvalue weighted by Crippen LogP contribution is 2.27. The summed E-state index contributed by atoms with van der Waals surface area (Å²) < 4.78 is 6.23. The molecule has 2 rings (SSSR count). The van der Waals surface area contributed by atoms with Gasteiger partial charge in [-0.15, -0.1) is 0 Å². The van der Waals surface area contributed by atoms with E-state index in [4.69, 9.17) is 10.5 Å². The lowest BCUT2D eigenvalue weighted by Gasteiger charge is -2.04. The number of nitrogens with one attached hydrogen (secondary N) is 1. The molecule has 5 heteroatoms. The smallest absolute Gasteiger partial charge is 0.132 e. The molecule has 1 aromatic carbocycles. The van der Waals surface area contributed by atoms with Crippen LogP contribution in [0.1, 0.15) is 0 Å². The van der Waals surface area contributed by atoms with Crippen molar-refractivity contribution in [3.63, 3.8) is 0 Å². The Bertz CT molecular complexity index is 481. The summed E-state index contributed by atoms with van der Waals surface area (Å²) in [4.78, 5) is 0. The van der Waals surface area contributed by atoms with E-state index in [1.54, 1.807) is 13.2 Å². The van der Waals surface area contributed by atoms with E-state index >= 15 is 0 Å². The maximum atomic E-state index is 5.57. The van der Waals surface area contributed by atoms with Crippen molar-refractivity contribution in [3.8, 4) is 17.0 Å². The first-order chi connectivity index (χ1) is 7.20. The first kappa shape index (κ1) is 10.3. The van der Waals surface area contributed by atoms with E-state index in [0.29, 0.717) is 5.82 Å². The molecular weight excluding hydrogens is 305 g/mol. The van der Waals surface area contributed by atoms with Crippen molar-refractivity contribution in [1.29, 1.82) is 0 Å². The highest BCUT2D eigenvalue weighted by Gasteiger charge is 2.05. The van der Waals surface area contributed by atoms with Crippen LogP contribution in [-0.4, -0.2) is 17.3 Å². The quantitative estimate of drug-likeness (QED) is 0.836. The second-order valence-electron chi connectivity index (χ2n) is 3.06. The zero-order valence-electron chi connectivity index (χ0n) is 8.12. The van der Waals surface area contributed by atoms with Gasteiger partial charge in [0.25, 0.3) is 0 Å². The van der Waals surface area contributed by atoms with Gasteiger partial charge in [-0.3, -0.25) is 5.10 Å². The summed E-state index contributed by atoms with van der Waals surface area (Å²) in [6, 6.07) is 7.69. The van der Waals surface area contributed by atoms with Gasteiger partial charge >= 0.3 is 0 Å². The molecule has 0 unspecified atom stereocenters. The molecule has 0 aliphatic rings. The Kier molecular flexibility index (Phi) is 2.81. The minimum absolute atomic E-state index is 0.566. The van der Waals surface area contributed by atoms with Crippen LogP contribution in [0.3, 0.4) is 0 Å². The summed E-state index contributed by atoms with van der Waals surface area (Å²) in [5.74, 6) is 1.43. The number of rotatable bonds is 2. The molecule has 4 nitrogen and oxygen atoms in total. The summed E-state index contributed by atoms with van der Waals surface area (Å²) in [6.07, 6.45) is 0. The number of aromatic nitrogens is 2. The molecule has 78 valence electrons. The van der Waals surface area contributed by atoms with Crippen LogP contribution in [0.5, 0.6) is 5.75 Å². The number of ether oxygens (including phenoxy) is 1. The molecule has 0 radical (unpaired) electrons. The second-order valence-corrected chi connectivity index (χ2v) is 4.22. The molecule has 0 amide bonds. The topological polar surface area (TPSA) is 63.9 Å². The predicted molar refractivity (Wildman–Crippen MR) is 67.7 cm³/mol. The molecule has 0 atom stereocenters. The molecule has 3 N–H and O–H groups in total. The fourth-order valence-corrected chi connectivity index (χ4v) is 2.05. The lowest BCUT2D eigenvalue weighted by atomic mass is 10.1. The van der Waals surface area contributed by atoms with Crippen LogP contribution in [0.4, 0.5) is 5.82 Å². The van der Waals surface area contributed by atoms with E-state index < -0.39 is 0 Å². The predicted octanol–water partition coefficient (Wildman–Crippen LogP) is 2.27. The SMILES string of the molecule is COc1ccc(-c2cc(N)[nH]n2)cc1I. The van der Waals surface area contributed by atoms with Crippen molar-refractivity contribution in [2.75, 3.05) is 12.8 Å². The summed E-state index contributed by atoms with van der Waals surface area (Å²) in [6.45, 7) is 0. The van der Waals surface area contributed by atoms with Gasteiger partial charge in [-0.1, -0.05) is 0 Å². The van der Waals surface area contributed by atoms with Crippen LogP contribution >= 0.6 is 22.6 Å². The van der Waals surface area contributed by atoms with Gasteiger partial charge in [-0.25, -0.2) is 0 Å². The molecule has 0 aliphatic carbocycles. The van der Waals surface area contributed by atoms with E-state index in [9.17, 15) is 0 Å². The van der Waals surface area contributed by atoms with Gasteiger partial charge in [-0.2, -0.15) is 5.10 Å². The molecule has 0 spiro atoms. The van der Waals surface area contributed by atoms with Crippen molar-refractivity contribution in [1.82, 2.24) is 10.2 Å². The highest BCUT2D eigenvalue weighted by atomic mass is 127. The maximum Gasteiger partial charge on any atom is 0.132 e. The van der Waals surface area contributed by atoms with Gasteiger partial charge in [0, 0.05) is 11.6 Å². The van der Waals surface area contributed by atoms with E-state index in [2.05, 4.69) is 32.8 Å². The number of aromatic amines is 1. The summed E-state index contributed by atoms with van der Waals surface area (Å²) >= 11 is 2.23. The molecule has 1 heterocycles. The number of H-pyrrole nitrogens is 1. The maximum absolute atomic E-state index is 5.57. The Hall–Kier alpha value is -1.24. The minimum atomic E-state index is 0.566. The fourth-order valence-electron chi connectivity index (χ4n) is 1.31. The van der Waals surface area contributed by atoms with Crippen LogP contribution < -0.4 is 10.5 Å². The zero-order chi connectivity index (χ0) is 10.8. The van der Waals surface area contributed by atoms with Gasteiger partial charge in [-0.05, 0) is 40.8 Å². The molecule has 0 aliphatic heterocycles. The van der Waals surface area contributed by atoms with Crippen molar-refractivity contribution in [2.45, 2.75) is 0 Å². The molecule has 2 aromatic rings. The van der Waals surface area contributed by atoms with Crippen molar-refractivity contribution in [3.05, 3.63) is 27.8 Å². The summed E-state index contributed by atoms with van der Waals surface area (Å²) in [7, 11) is 1.66. The minimum Gasteiger partial charge on any atom is -0.496 e. The van der Waals surface area contributed by atoms with Crippen LogP contribution in [-0.2, 0) is 0 Å². The number of nitrogens with zero attached hydrogens (tertiary/aromatic N) is 1. The molecule has 1 aromatic heterocycles. The number of halogens is 1. The van der Waals surface area contributed by atoms with Gasteiger partial charge in [0.05, 0.1) is 16.4 Å². The monoisotopic (exact) mass is 315 g/mol. The van der Waals surface area contributed by atoms with Gasteiger partial charge < -0.3 is 10.5 Å². The van der Waals surface area contributed by atoms with Crippen molar-refractivity contribution in [2.24, 2.45) is 0 Å². The number of hydrogen-bond donors (Lipinski definition) is 2. The molecule has 0 bridgehead atoms. The zero-order valence-corrected chi connectivity index (χ0v) is 10.3. The third-order valence-electron chi connectivity index (χ3n) is 2.05. The average Bonchev–Trinajstić information content (AvgIpc) is 2.65. The highest BCUT2D eigenvalue weighted by molar-refractivity contribution is 14.1. The fraction of sp³-hybridized carbons (Fsp3) is 0.100. The summed E-state index contributed by atoms with van der Waals surface area (Å²) in [5, 5.41) is 6.80. The Morgan fingerprint density at radius 2 is 2.20 bits per heavy atom. The van der Waals surface area contributed by atoms with Crippen molar-refractivity contribution >= 4 is 28.4 Å². The van der Waals surface area contributed by atoms with Crippen LogP contribution in [0.15, 0.2) is 24.3 Å². The number of anilines is 1. The second kappa shape index (κ2) is 4.09. The van der Waals surface area contributed by atoms with Crippen LogP contribution in [0, 0.1) is 3.57 Å². The van der Waals surface area contributed by atoms with E-state index in [-0.39, 0.29) is 0 Å². The van der Waals surface area contributed by atoms with Crippen LogP contribution in [0.2, 0.25) is 0 Å². The Morgan fingerprint density at radius 1 is 1.40 bits per heavy atom. The van der Waals surface area contributed by atoms with Gasteiger partial charge in [0.15, 0.2) is 0 Å². The normalized spacial score (nSPS) is 10.3. The Balaban J connectivity index is 2.42. The standard InChI is InChI=1S/C10H10IN3O/c1-15-9-3-2-6(4-7(9)11)8-5-10(12)14-13-8/h2-5H,1H3,(H3,12,13,14). The molecule has 15 heavy (non-hydrogen) atoms. The Morgan fingerprint density at radius 3 is 2.73 bits per heavy atom. The largest absolute Gasteiger partial charge is 0.496 e. The van der Waals surface area contributed by atoms with E-state index in [0.717, 1.165) is 20.6 Å². The van der Waals surface area contributed by atoms with Crippen LogP contribution in [0.25, 0.3) is 11.3 Å². The molecular formula is C10H10IN3O. The van der Waals surface area contributed by atoms with Crippen molar-refractivity contribution < 1.29 is 4.74 Å². The first-order valence-electron chi connectivity index (χ1n) is 4.35. The Labute approximate surface area is 101 Å². The van der Waals surface area contributed by atoms with E-state index in [1.165, 1.54) is 0 Å². The third kappa shape index (κ3) is 2.06. The number of nitrogens with two attached hydrogens (primary N) is 1. The summed E-state index contributed by atoms with van der Waals surface area (Å²) in [5.41, 5.74) is 7.43. The lowest BCUT2D eigenvalue weighted by Crippen LogP contribution is -1.87. The molecule has 0 fully saturated rings. The van der Waals surface area contributed by atoms with E-state index in [1.807, 2.05) is 18.2 Å². The first-order valence-corrected chi connectivity index (χ1v) is 5.43. The lowest BCUT2D eigenvalue weighted by molar-refractivity contribution is 0.412. The number of hydrogen-bond acceptors (Lipinski definition) is 3.